The Morgan fingerprint density at radius 1 is 1.16 bits per heavy atom. The molecule has 168 valence electrons. The first-order valence-corrected chi connectivity index (χ1v) is 11.0. The highest BCUT2D eigenvalue weighted by molar-refractivity contribution is 5.96. The van der Waals surface area contributed by atoms with E-state index in [9.17, 15) is 4.79 Å². The van der Waals surface area contributed by atoms with Gasteiger partial charge in [0, 0.05) is 24.5 Å². The molecule has 1 aliphatic rings. The second-order valence-electron chi connectivity index (χ2n) is 7.66. The number of amides is 1. The maximum absolute atomic E-state index is 12.5. The highest BCUT2D eigenvalue weighted by Gasteiger charge is 2.07. The number of unbranched alkanes of at least 4 members (excludes halogenated alkanes) is 2. The number of anilines is 1. The molecule has 0 radical (unpaired) electrons. The fourth-order valence-corrected chi connectivity index (χ4v) is 3.26. The maximum atomic E-state index is 12.5. The minimum Gasteiger partial charge on any atom is -0.369 e. The van der Waals surface area contributed by atoms with E-state index in [0.717, 1.165) is 49.1 Å². The zero-order valence-electron chi connectivity index (χ0n) is 18.3. The van der Waals surface area contributed by atoms with Crippen LogP contribution in [0.4, 0.5) is 5.95 Å². The summed E-state index contributed by atoms with van der Waals surface area (Å²) in [7, 11) is 0. The molecule has 32 heavy (non-hydrogen) atoms. The quantitative estimate of drug-likeness (QED) is 0.498. The molecule has 0 saturated heterocycles. The third kappa shape index (κ3) is 7.86. The van der Waals surface area contributed by atoms with Gasteiger partial charge in [-0.3, -0.25) is 9.48 Å². The highest BCUT2D eigenvalue weighted by atomic mass is 16.1. The van der Waals surface area contributed by atoms with Crippen LogP contribution < -0.4 is 11.1 Å². The standard InChI is InChI=1S/C24H31N7O/c1-19-9-5-2-3-6-10-20(14-13-19)23(32)26-15-16-31-18-22(29-30-31)12-8-4-7-11-21-17-27-24(25)28-21/h2-3,5,9-10,13-14,17-18H,1,4,6-8,11-12,15-16H2,(H,26,32)(H3,25,27,28)/b3-2-,9-5-,14-13-,20-10+. The zero-order valence-corrected chi connectivity index (χ0v) is 18.3. The minimum absolute atomic E-state index is 0.106. The van der Waals surface area contributed by atoms with Gasteiger partial charge in [0.15, 0.2) is 5.95 Å². The van der Waals surface area contributed by atoms with E-state index in [1.165, 1.54) is 0 Å². The Morgan fingerprint density at radius 3 is 2.81 bits per heavy atom. The number of carbonyl (C=O) groups excluding carboxylic acids is 1. The molecule has 0 atom stereocenters. The SMILES string of the molecule is C=C1/C=C\C=C/C/C=C(C(=O)NCCn2cc(CCCCCc3c[nH]c(N)n3)nn2)\C=C/1. The first kappa shape index (κ1) is 23.0. The number of hydrogen-bond donors (Lipinski definition) is 3. The van der Waals surface area contributed by atoms with Crippen molar-refractivity contribution in [3.05, 3.63) is 84.0 Å². The molecular weight excluding hydrogens is 402 g/mol. The van der Waals surface area contributed by atoms with E-state index in [2.05, 4.69) is 32.2 Å². The Morgan fingerprint density at radius 2 is 2.00 bits per heavy atom. The first-order chi connectivity index (χ1) is 15.6. The lowest BCUT2D eigenvalue weighted by atomic mass is 10.1. The van der Waals surface area contributed by atoms with Gasteiger partial charge in [-0.1, -0.05) is 54.7 Å². The second-order valence-corrected chi connectivity index (χ2v) is 7.66. The molecule has 0 aromatic carbocycles. The van der Waals surface area contributed by atoms with Crippen LogP contribution in [0.5, 0.6) is 0 Å². The molecule has 1 amide bonds. The van der Waals surface area contributed by atoms with Gasteiger partial charge in [-0.2, -0.15) is 0 Å². The van der Waals surface area contributed by atoms with Crippen LogP contribution in [0.15, 0.2) is 72.7 Å². The smallest absolute Gasteiger partial charge is 0.251 e. The molecule has 0 fully saturated rings. The van der Waals surface area contributed by atoms with Gasteiger partial charge in [0.25, 0.3) is 5.91 Å². The minimum atomic E-state index is -0.106. The van der Waals surface area contributed by atoms with Crippen LogP contribution in [0.2, 0.25) is 0 Å². The third-order valence-corrected chi connectivity index (χ3v) is 5.00. The number of rotatable bonds is 10. The number of carbonyl (C=O) groups is 1. The number of nitrogen functional groups attached to an aromatic ring is 1. The molecule has 8 nitrogen and oxygen atoms in total. The van der Waals surface area contributed by atoms with Crippen LogP contribution in [-0.4, -0.2) is 37.4 Å². The van der Waals surface area contributed by atoms with Gasteiger partial charge in [0.05, 0.1) is 17.9 Å². The molecule has 2 aromatic heterocycles. The molecule has 4 N–H and O–H groups in total. The van der Waals surface area contributed by atoms with Gasteiger partial charge in [-0.25, -0.2) is 4.98 Å². The van der Waals surface area contributed by atoms with Gasteiger partial charge in [0.2, 0.25) is 0 Å². The van der Waals surface area contributed by atoms with Crippen molar-refractivity contribution in [1.82, 2.24) is 30.3 Å². The van der Waals surface area contributed by atoms with Gasteiger partial charge in [0.1, 0.15) is 0 Å². The summed E-state index contributed by atoms with van der Waals surface area (Å²) < 4.78 is 1.77. The number of imidazole rings is 1. The zero-order chi connectivity index (χ0) is 22.6. The average molecular weight is 434 g/mol. The maximum Gasteiger partial charge on any atom is 0.251 e. The van der Waals surface area contributed by atoms with Crippen molar-refractivity contribution in [1.29, 1.82) is 0 Å². The number of aryl methyl sites for hydroxylation is 2. The molecular formula is C24H31N7O. The summed E-state index contributed by atoms with van der Waals surface area (Å²) in [4.78, 5) is 19.6. The van der Waals surface area contributed by atoms with Gasteiger partial charge >= 0.3 is 0 Å². The van der Waals surface area contributed by atoms with E-state index in [-0.39, 0.29) is 5.91 Å². The van der Waals surface area contributed by atoms with Crippen LogP contribution in [0.25, 0.3) is 0 Å². The first-order valence-electron chi connectivity index (χ1n) is 11.0. The number of nitrogens with one attached hydrogen (secondary N) is 2. The predicted molar refractivity (Wildman–Crippen MR) is 127 cm³/mol. The molecule has 0 aliphatic heterocycles. The molecule has 1 aliphatic carbocycles. The predicted octanol–water partition coefficient (Wildman–Crippen LogP) is 3.21. The number of hydrogen-bond acceptors (Lipinski definition) is 5. The molecule has 0 unspecified atom stereocenters. The lowest BCUT2D eigenvalue weighted by Gasteiger charge is -2.06. The Kier molecular flexibility index (Phi) is 8.80. The lowest BCUT2D eigenvalue weighted by molar-refractivity contribution is -0.117. The van der Waals surface area contributed by atoms with E-state index < -0.39 is 0 Å². The molecule has 3 rings (SSSR count). The van der Waals surface area contributed by atoms with Crippen LogP contribution in [0.3, 0.4) is 0 Å². The van der Waals surface area contributed by atoms with Crippen molar-refractivity contribution < 1.29 is 4.79 Å². The van der Waals surface area contributed by atoms with Crippen molar-refractivity contribution >= 4 is 11.9 Å². The summed E-state index contributed by atoms with van der Waals surface area (Å²) in [5, 5.41) is 11.3. The number of H-pyrrole nitrogens is 1. The molecule has 2 heterocycles. The van der Waals surface area contributed by atoms with Crippen molar-refractivity contribution in [3.63, 3.8) is 0 Å². The van der Waals surface area contributed by atoms with Gasteiger partial charge in [-0.15, -0.1) is 5.10 Å². The molecule has 0 saturated carbocycles. The van der Waals surface area contributed by atoms with Crippen LogP contribution in [-0.2, 0) is 24.2 Å². The molecule has 0 spiro atoms. The number of aromatic nitrogens is 5. The topological polar surface area (TPSA) is 115 Å². The van der Waals surface area contributed by atoms with Gasteiger partial charge < -0.3 is 16.0 Å². The van der Waals surface area contributed by atoms with E-state index in [4.69, 9.17) is 5.73 Å². The average Bonchev–Trinajstić information content (AvgIpc) is 3.41. The normalized spacial score (nSPS) is 18.5. The lowest BCUT2D eigenvalue weighted by Crippen LogP contribution is -2.28. The van der Waals surface area contributed by atoms with E-state index >= 15 is 0 Å². The van der Waals surface area contributed by atoms with Gasteiger partial charge in [-0.05, 0) is 43.8 Å². The highest BCUT2D eigenvalue weighted by Crippen LogP contribution is 2.09. The Labute approximate surface area is 188 Å². The molecule has 8 heteroatoms. The van der Waals surface area contributed by atoms with E-state index in [1.54, 1.807) is 10.8 Å². The summed E-state index contributed by atoms with van der Waals surface area (Å²) in [6, 6.07) is 0. The van der Waals surface area contributed by atoms with E-state index in [0.29, 0.717) is 31.0 Å². The fraction of sp³-hybridized carbons (Fsp3) is 0.333. The summed E-state index contributed by atoms with van der Waals surface area (Å²) in [6.07, 6.45) is 22.9. The summed E-state index contributed by atoms with van der Waals surface area (Å²) >= 11 is 0. The molecule has 2 aromatic rings. The second kappa shape index (κ2) is 12.2. The third-order valence-electron chi connectivity index (χ3n) is 5.00. The summed E-state index contributed by atoms with van der Waals surface area (Å²) in [5.74, 6) is 0.364. The van der Waals surface area contributed by atoms with Crippen molar-refractivity contribution in [2.45, 2.75) is 45.1 Å². The Bertz CT molecular complexity index is 1020. The van der Waals surface area contributed by atoms with Crippen LogP contribution in [0.1, 0.15) is 37.1 Å². The Hall–Kier alpha value is -3.68. The largest absolute Gasteiger partial charge is 0.369 e. The van der Waals surface area contributed by atoms with Crippen LogP contribution >= 0.6 is 0 Å². The summed E-state index contributed by atoms with van der Waals surface area (Å²) in [5.41, 5.74) is 9.03. The summed E-state index contributed by atoms with van der Waals surface area (Å²) in [6.45, 7) is 5.00. The Balaban J connectivity index is 1.35. The fourth-order valence-electron chi connectivity index (χ4n) is 3.26. The van der Waals surface area contributed by atoms with Crippen molar-refractivity contribution in [2.24, 2.45) is 0 Å². The number of nitrogens with two attached hydrogens (primary N) is 1. The van der Waals surface area contributed by atoms with E-state index in [1.807, 2.05) is 48.8 Å². The van der Waals surface area contributed by atoms with Crippen molar-refractivity contribution in [3.8, 4) is 0 Å². The monoisotopic (exact) mass is 433 g/mol. The number of allylic oxidation sites excluding steroid dienone is 7. The van der Waals surface area contributed by atoms with Crippen LogP contribution in [0, 0.1) is 0 Å². The number of nitrogens with zero attached hydrogens (tertiary/aromatic N) is 4. The number of aromatic amines is 1. The molecule has 0 bridgehead atoms. The van der Waals surface area contributed by atoms with Crippen molar-refractivity contribution in [2.75, 3.05) is 12.3 Å².